The van der Waals surface area contributed by atoms with E-state index in [4.69, 9.17) is 11.0 Å². The lowest BCUT2D eigenvalue weighted by atomic mass is 10.1. The Kier molecular flexibility index (Phi) is 4.56. The van der Waals surface area contributed by atoms with Gasteiger partial charge in [-0.2, -0.15) is 18.4 Å². The third-order valence-electron chi connectivity index (χ3n) is 2.57. The first-order valence-electron chi connectivity index (χ1n) is 5.42. The summed E-state index contributed by atoms with van der Waals surface area (Å²) >= 11 is 0. The molecular formula is C12H14F3N3. The average Bonchev–Trinajstić information content (AvgIpc) is 2.34. The van der Waals surface area contributed by atoms with E-state index in [2.05, 4.69) is 0 Å². The van der Waals surface area contributed by atoms with Gasteiger partial charge in [0.1, 0.15) is 0 Å². The van der Waals surface area contributed by atoms with Crippen LogP contribution in [0.1, 0.15) is 17.5 Å². The molecule has 0 saturated carbocycles. The number of hydrogen-bond donors (Lipinski definition) is 1. The van der Waals surface area contributed by atoms with Crippen LogP contribution in [-0.2, 0) is 6.18 Å². The standard InChI is InChI=1S/C12H14F3N3/c1-18(6-2-5-16)10-4-3-9(8-17)11(7-10)12(13,14)15/h3-4,7H,2,5-6,16H2,1H3. The highest BCUT2D eigenvalue weighted by atomic mass is 19.4. The average molecular weight is 257 g/mol. The quantitative estimate of drug-likeness (QED) is 0.900. The van der Waals surface area contributed by atoms with Crippen molar-refractivity contribution in [2.75, 3.05) is 25.0 Å². The highest BCUT2D eigenvalue weighted by Gasteiger charge is 2.34. The molecule has 0 aliphatic heterocycles. The lowest BCUT2D eigenvalue weighted by Crippen LogP contribution is -2.21. The van der Waals surface area contributed by atoms with Gasteiger partial charge >= 0.3 is 6.18 Å². The smallest absolute Gasteiger partial charge is 0.375 e. The Morgan fingerprint density at radius 1 is 1.39 bits per heavy atom. The van der Waals surface area contributed by atoms with Gasteiger partial charge in [0.05, 0.1) is 17.2 Å². The molecule has 0 unspecified atom stereocenters. The van der Waals surface area contributed by atoms with Gasteiger partial charge in [0.15, 0.2) is 0 Å². The number of nitrogens with two attached hydrogens (primary N) is 1. The Morgan fingerprint density at radius 3 is 2.56 bits per heavy atom. The number of benzene rings is 1. The number of nitriles is 1. The monoisotopic (exact) mass is 257 g/mol. The molecule has 0 atom stereocenters. The molecule has 0 aliphatic carbocycles. The van der Waals surface area contributed by atoms with Crippen LogP contribution in [0.4, 0.5) is 18.9 Å². The molecule has 0 heterocycles. The van der Waals surface area contributed by atoms with Gasteiger partial charge in [-0.1, -0.05) is 0 Å². The number of halogens is 3. The van der Waals surface area contributed by atoms with Gasteiger partial charge in [-0.05, 0) is 31.2 Å². The van der Waals surface area contributed by atoms with Crippen LogP contribution in [0.5, 0.6) is 0 Å². The summed E-state index contributed by atoms with van der Waals surface area (Å²) in [5, 5.41) is 8.67. The summed E-state index contributed by atoms with van der Waals surface area (Å²) in [6.45, 7) is 1.05. The Morgan fingerprint density at radius 2 is 2.06 bits per heavy atom. The molecule has 6 heteroatoms. The summed E-state index contributed by atoms with van der Waals surface area (Å²) in [6, 6.07) is 5.24. The summed E-state index contributed by atoms with van der Waals surface area (Å²) in [7, 11) is 1.69. The highest BCUT2D eigenvalue weighted by molar-refractivity contribution is 5.54. The molecule has 0 bridgehead atoms. The maximum absolute atomic E-state index is 12.7. The molecule has 18 heavy (non-hydrogen) atoms. The number of nitrogens with zero attached hydrogens (tertiary/aromatic N) is 2. The summed E-state index contributed by atoms with van der Waals surface area (Å²) in [5.74, 6) is 0. The van der Waals surface area contributed by atoms with E-state index in [0.717, 1.165) is 6.07 Å². The molecule has 0 aromatic heterocycles. The first-order valence-corrected chi connectivity index (χ1v) is 5.42. The van der Waals surface area contributed by atoms with Crippen LogP contribution in [0, 0.1) is 11.3 Å². The minimum Gasteiger partial charge on any atom is -0.375 e. The lowest BCUT2D eigenvalue weighted by Gasteiger charge is -2.20. The van der Waals surface area contributed by atoms with Gasteiger partial charge in [-0.15, -0.1) is 0 Å². The molecule has 1 aromatic rings. The van der Waals surface area contributed by atoms with Crippen LogP contribution in [0.15, 0.2) is 18.2 Å². The van der Waals surface area contributed by atoms with Gasteiger partial charge in [-0.3, -0.25) is 0 Å². The Hall–Kier alpha value is -1.74. The molecule has 0 fully saturated rings. The Balaban J connectivity index is 3.08. The van der Waals surface area contributed by atoms with Gasteiger partial charge < -0.3 is 10.6 Å². The first kappa shape index (κ1) is 14.3. The fourth-order valence-corrected chi connectivity index (χ4v) is 1.56. The third kappa shape index (κ3) is 3.37. The number of anilines is 1. The number of alkyl halides is 3. The number of hydrogen-bond acceptors (Lipinski definition) is 3. The second kappa shape index (κ2) is 5.74. The summed E-state index contributed by atoms with van der Waals surface area (Å²) in [4.78, 5) is 1.68. The van der Waals surface area contributed by atoms with Gasteiger partial charge in [0.2, 0.25) is 0 Å². The minimum absolute atomic E-state index is 0.363. The topological polar surface area (TPSA) is 53.0 Å². The van der Waals surface area contributed by atoms with Crippen LogP contribution in [0.25, 0.3) is 0 Å². The van der Waals surface area contributed by atoms with Crippen molar-refractivity contribution >= 4 is 5.69 Å². The summed E-state index contributed by atoms with van der Waals surface area (Å²) in [6.07, 6.45) is -3.83. The van der Waals surface area contributed by atoms with Gasteiger partial charge in [0, 0.05) is 19.3 Å². The van der Waals surface area contributed by atoms with Crippen molar-refractivity contribution in [3.63, 3.8) is 0 Å². The normalized spacial score (nSPS) is 11.1. The van der Waals surface area contributed by atoms with Crippen LogP contribution in [-0.4, -0.2) is 20.1 Å². The predicted molar refractivity (Wildman–Crippen MR) is 63.1 cm³/mol. The largest absolute Gasteiger partial charge is 0.417 e. The molecule has 0 aliphatic rings. The van der Waals surface area contributed by atoms with Crippen molar-refractivity contribution in [2.45, 2.75) is 12.6 Å². The second-order valence-electron chi connectivity index (χ2n) is 3.90. The fraction of sp³-hybridized carbons (Fsp3) is 0.417. The predicted octanol–water partition coefficient (Wildman–Crippen LogP) is 2.36. The maximum atomic E-state index is 12.7. The first-order chi connectivity index (χ1) is 8.40. The molecule has 3 nitrogen and oxygen atoms in total. The zero-order valence-corrected chi connectivity index (χ0v) is 9.96. The van der Waals surface area contributed by atoms with Crippen molar-refractivity contribution in [1.82, 2.24) is 0 Å². The molecule has 0 radical (unpaired) electrons. The minimum atomic E-state index is -4.52. The molecule has 0 saturated heterocycles. The van der Waals surface area contributed by atoms with E-state index in [1.54, 1.807) is 18.0 Å². The van der Waals surface area contributed by atoms with Crippen LogP contribution in [0.2, 0.25) is 0 Å². The molecule has 1 rings (SSSR count). The van der Waals surface area contributed by atoms with E-state index in [1.165, 1.54) is 12.1 Å². The van der Waals surface area contributed by atoms with Gasteiger partial charge in [-0.25, -0.2) is 0 Å². The maximum Gasteiger partial charge on any atom is 0.417 e. The van der Waals surface area contributed by atoms with Crippen molar-refractivity contribution in [2.24, 2.45) is 5.73 Å². The van der Waals surface area contributed by atoms with Crippen molar-refractivity contribution in [1.29, 1.82) is 5.26 Å². The molecule has 98 valence electrons. The zero-order chi connectivity index (χ0) is 13.8. The van der Waals surface area contributed by atoms with Crippen LogP contribution in [0.3, 0.4) is 0 Å². The van der Waals surface area contributed by atoms with Gasteiger partial charge in [0.25, 0.3) is 0 Å². The lowest BCUT2D eigenvalue weighted by molar-refractivity contribution is -0.137. The Labute approximate surface area is 104 Å². The van der Waals surface area contributed by atoms with Crippen molar-refractivity contribution in [3.8, 4) is 6.07 Å². The Bertz CT molecular complexity index is 449. The molecular weight excluding hydrogens is 243 g/mol. The van der Waals surface area contributed by atoms with E-state index in [1.807, 2.05) is 0 Å². The third-order valence-corrected chi connectivity index (χ3v) is 2.57. The molecule has 2 N–H and O–H groups in total. The van der Waals surface area contributed by atoms with Crippen LogP contribution >= 0.6 is 0 Å². The van der Waals surface area contributed by atoms with E-state index in [9.17, 15) is 13.2 Å². The van der Waals surface area contributed by atoms with E-state index >= 15 is 0 Å². The van der Waals surface area contributed by atoms with Crippen molar-refractivity contribution < 1.29 is 13.2 Å². The molecule has 1 aromatic carbocycles. The molecule has 0 spiro atoms. The summed E-state index contributed by atoms with van der Waals surface area (Å²) in [5.41, 5.74) is 4.51. The highest BCUT2D eigenvalue weighted by Crippen LogP contribution is 2.34. The van der Waals surface area contributed by atoms with Crippen molar-refractivity contribution in [3.05, 3.63) is 29.3 Å². The van der Waals surface area contributed by atoms with E-state index in [-0.39, 0.29) is 5.56 Å². The fourth-order valence-electron chi connectivity index (χ4n) is 1.56. The second-order valence-corrected chi connectivity index (χ2v) is 3.90. The summed E-state index contributed by atoms with van der Waals surface area (Å²) < 4.78 is 38.2. The van der Waals surface area contributed by atoms with Crippen LogP contribution < -0.4 is 10.6 Å². The van der Waals surface area contributed by atoms with E-state index in [0.29, 0.717) is 25.2 Å². The molecule has 0 amide bonds. The van der Waals surface area contributed by atoms with E-state index < -0.39 is 11.7 Å². The SMILES string of the molecule is CN(CCCN)c1ccc(C#N)c(C(F)(F)F)c1. The zero-order valence-electron chi connectivity index (χ0n) is 9.96. The number of rotatable bonds is 4.